The monoisotopic (exact) mass is 268 g/mol. The normalized spacial score (nSPS) is 11.3. The van der Waals surface area contributed by atoms with Crippen molar-refractivity contribution in [2.24, 2.45) is 0 Å². The van der Waals surface area contributed by atoms with Crippen LogP contribution in [0.25, 0.3) is 0 Å². The molecular weight excluding hydrogens is 256 g/mol. The quantitative estimate of drug-likeness (QED) is 0.589. The molecule has 0 spiro atoms. The average Bonchev–Trinajstić information content (AvgIpc) is 2.28. The Bertz CT molecular complexity index is 450. The number of hydrogen-bond donors (Lipinski definition) is 4. The molecule has 1 aromatic rings. The first-order valence-electron chi connectivity index (χ1n) is 5.06. The number of nitrogens with one attached hydrogen (secondary N) is 2. The second-order valence-corrected chi connectivity index (χ2v) is 3.86. The lowest BCUT2D eigenvalue weighted by atomic mass is 10.2. The van der Waals surface area contributed by atoms with Crippen molar-refractivity contribution in [3.05, 3.63) is 30.3 Å². The highest BCUT2D eigenvalue weighted by atomic mass is 32.1. The summed E-state index contributed by atoms with van der Waals surface area (Å²) in [4.78, 5) is 21.3. The summed E-state index contributed by atoms with van der Waals surface area (Å²) in [7, 11) is 0. The van der Waals surface area contributed by atoms with E-state index in [2.05, 4.69) is 10.6 Å². The minimum atomic E-state index is -1.27. The highest BCUT2D eigenvalue weighted by Crippen LogP contribution is 2.05. The van der Waals surface area contributed by atoms with Gasteiger partial charge < -0.3 is 20.8 Å². The van der Waals surface area contributed by atoms with Crippen LogP contribution in [-0.4, -0.2) is 33.3 Å². The largest absolute Gasteiger partial charge is 0.481 e. The Hall–Kier alpha value is -2.15. The van der Waals surface area contributed by atoms with E-state index in [9.17, 15) is 9.59 Å². The molecule has 7 heteroatoms. The smallest absolute Gasteiger partial charge is 0.326 e. The molecule has 0 aliphatic carbocycles. The first-order valence-corrected chi connectivity index (χ1v) is 5.47. The molecule has 0 radical (unpaired) electrons. The van der Waals surface area contributed by atoms with Gasteiger partial charge in [-0.15, -0.1) is 0 Å². The lowest BCUT2D eigenvalue weighted by Crippen LogP contribution is -2.44. The van der Waals surface area contributed by atoms with Crippen molar-refractivity contribution in [3.63, 3.8) is 0 Å². The van der Waals surface area contributed by atoms with Crippen LogP contribution in [0.4, 0.5) is 5.69 Å². The highest BCUT2D eigenvalue weighted by molar-refractivity contribution is 7.80. The SMILES string of the molecule is O=C(O)C[C@H](NC(=S)Nc1ccccc1)C(=O)O. The van der Waals surface area contributed by atoms with Crippen LogP contribution in [0, 0.1) is 0 Å². The number of carboxylic acid groups (broad SMARTS) is 2. The van der Waals surface area contributed by atoms with Gasteiger partial charge in [-0.2, -0.15) is 0 Å². The molecule has 0 amide bonds. The van der Waals surface area contributed by atoms with Crippen LogP contribution in [0.15, 0.2) is 30.3 Å². The number of carbonyl (C=O) groups is 2. The van der Waals surface area contributed by atoms with E-state index in [1.165, 1.54) is 0 Å². The topological polar surface area (TPSA) is 98.7 Å². The molecule has 1 atom stereocenters. The molecule has 4 N–H and O–H groups in total. The Morgan fingerprint density at radius 1 is 1.22 bits per heavy atom. The highest BCUT2D eigenvalue weighted by Gasteiger charge is 2.21. The molecule has 0 unspecified atom stereocenters. The summed E-state index contributed by atoms with van der Waals surface area (Å²) in [5.74, 6) is -2.48. The van der Waals surface area contributed by atoms with Gasteiger partial charge in [0.15, 0.2) is 5.11 Å². The molecule has 0 aliphatic heterocycles. The zero-order chi connectivity index (χ0) is 13.5. The second kappa shape index (κ2) is 6.55. The van der Waals surface area contributed by atoms with E-state index in [4.69, 9.17) is 22.4 Å². The van der Waals surface area contributed by atoms with Gasteiger partial charge in [-0.05, 0) is 24.4 Å². The third-order valence-corrected chi connectivity index (χ3v) is 2.23. The fraction of sp³-hybridized carbons (Fsp3) is 0.182. The molecule has 0 fully saturated rings. The molecule has 96 valence electrons. The van der Waals surface area contributed by atoms with Gasteiger partial charge in [0.25, 0.3) is 0 Å². The summed E-state index contributed by atoms with van der Waals surface area (Å²) >= 11 is 4.91. The zero-order valence-corrected chi connectivity index (χ0v) is 10.1. The summed E-state index contributed by atoms with van der Waals surface area (Å²) in [6.45, 7) is 0. The van der Waals surface area contributed by atoms with Gasteiger partial charge >= 0.3 is 11.9 Å². The molecule has 1 rings (SSSR count). The van der Waals surface area contributed by atoms with Crippen LogP contribution in [0.5, 0.6) is 0 Å². The second-order valence-electron chi connectivity index (χ2n) is 3.45. The summed E-state index contributed by atoms with van der Waals surface area (Å²) in [5, 5.41) is 22.7. The first kappa shape index (κ1) is 13.9. The molecule has 0 bridgehead atoms. The number of anilines is 1. The molecule has 6 nitrogen and oxygen atoms in total. The Morgan fingerprint density at radius 3 is 2.33 bits per heavy atom. The van der Waals surface area contributed by atoms with Gasteiger partial charge in [-0.3, -0.25) is 4.79 Å². The third kappa shape index (κ3) is 4.79. The van der Waals surface area contributed by atoms with Crippen LogP contribution in [0.3, 0.4) is 0 Å². The predicted octanol–water partition coefficient (Wildman–Crippen LogP) is 0.901. The Balaban J connectivity index is 2.56. The molecule has 0 aromatic heterocycles. The van der Waals surface area contributed by atoms with E-state index in [0.29, 0.717) is 5.69 Å². The third-order valence-electron chi connectivity index (χ3n) is 2.01. The maximum Gasteiger partial charge on any atom is 0.326 e. The van der Waals surface area contributed by atoms with E-state index in [-0.39, 0.29) is 5.11 Å². The minimum absolute atomic E-state index is 0.0647. The zero-order valence-electron chi connectivity index (χ0n) is 9.29. The maximum absolute atomic E-state index is 10.8. The molecule has 0 aliphatic rings. The van der Waals surface area contributed by atoms with Gasteiger partial charge in [0.1, 0.15) is 6.04 Å². The van der Waals surface area contributed by atoms with Crippen LogP contribution in [-0.2, 0) is 9.59 Å². The summed E-state index contributed by atoms with van der Waals surface area (Å²) in [6, 6.07) is 7.65. The van der Waals surface area contributed by atoms with Crippen molar-refractivity contribution >= 4 is 35.0 Å². The number of benzene rings is 1. The van der Waals surface area contributed by atoms with E-state index in [1.54, 1.807) is 24.3 Å². The van der Waals surface area contributed by atoms with Crippen molar-refractivity contribution in [1.29, 1.82) is 0 Å². The van der Waals surface area contributed by atoms with Crippen molar-refractivity contribution < 1.29 is 19.8 Å². The van der Waals surface area contributed by atoms with Gasteiger partial charge in [-0.25, -0.2) is 4.79 Å². The summed E-state index contributed by atoms with van der Waals surface area (Å²) in [6.07, 6.45) is -0.550. The molecule has 0 saturated heterocycles. The van der Waals surface area contributed by atoms with Crippen LogP contribution >= 0.6 is 12.2 Å². The lowest BCUT2D eigenvalue weighted by molar-refractivity contribution is -0.145. The van der Waals surface area contributed by atoms with Crippen LogP contribution in [0.2, 0.25) is 0 Å². The van der Waals surface area contributed by atoms with E-state index in [1.807, 2.05) is 6.07 Å². The van der Waals surface area contributed by atoms with E-state index in [0.717, 1.165) is 0 Å². The summed E-state index contributed by atoms with van der Waals surface area (Å²) < 4.78 is 0. The number of aliphatic carboxylic acids is 2. The fourth-order valence-electron chi connectivity index (χ4n) is 1.22. The molecule has 0 heterocycles. The van der Waals surface area contributed by atoms with Gasteiger partial charge in [0.05, 0.1) is 6.42 Å². The molecular formula is C11H12N2O4S. The Labute approximate surface area is 109 Å². The van der Waals surface area contributed by atoms with Gasteiger partial charge in [0.2, 0.25) is 0 Å². The number of thiocarbonyl (C=S) groups is 1. The van der Waals surface area contributed by atoms with Crippen molar-refractivity contribution in [1.82, 2.24) is 5.32 Å². The first-order chi connectivity index (χ1) is 8.49. The van der Waals surface area contributed by atoms with Crippen LogP contribution < -0.4 is 10.6 Å². The van der Waals surface area contributed by atoms with Gasteiger partial charge in [-0.1, -0.05) is 18.2 Å². The predicted molar refractivity (Wildman–Crippen MR) is 69.5 cm³/mol. The Kier molecular flexibility index (Phi) is 5.06. The van der Waals surface area contributed by atoms with Crippen molar-refractivity contribution in [2.45, 2.75) is 12.5 Å². The van der Waals surface area contributed by atoms with Crippen molar-refractivity contribution in [2.75, 3.05) is 5.32 Å². The minimum Gasteiger partial charge on any atom is -0.481 e. The Morgan fingerprint density at radius 2 is 1.83 bits per heavy atom. The number of rotatable bonds is 5. The lowest BCUT2D eigenvalue weighted by Gasteiger charge is -2.15. The number of carboxylic acids is 2. The standard InChI is InChI=1S/C11H12N2O4S/c14-9(15)6-8(10(16)17)13-11(18)12-7-4-2-1-3-5-7/h1-5,8H,6H2,(H,14,15)(H,16,17)(H2,12,13,18)/t8-/m0/s1. The van der Waals surface area contributed by atoms with Crippen LogP contribution in [0.1, 0.15) is 6.42 Å². The summed E-state index contributed by atoms with van der Waals surface area (Å²) in [5.41, 5.74) is 0.689. The molecule has 18 heavy (non-hydrogen) atoms. The molecule has 0 saturated carbocycles. The number of hydrogen-bond acceptors (Lipinski definition) is 3. The maximum atomic E-state index is 10.8. The van der Waals surface area contributed by atoms with Gasteiger partial charge in [0, 0.05) is 5.69 Å². The van der Waals surface area contributed by atoms with Crippen molar-refractivity contribution in [3.8, 4) is 0 Å². The number of para-hydroxylation sites is 1. The fourth-order valence-corrected chi connectivity index (χ4v) is 1.48. The molecule has 1 aromatic carbocycles. The van der Waals surface area contributed by atoms with E-state index < -0.39 is 24.4 Å². The average molecular weight is 268 g/mol. The van der Waals surface area contributed by atoms with E-state index >= 15 is 0 Å².